The Kier molecular flexibility index (Phi) is 14.8. The van der Waals surface area contributed by atoms with Crippen molar-refractivity contribution in [2.24, 2.45) is 5.73 Å². The lowest BCUT2D eigenvalue weighted by molar-refractivity contribution is 0.0298. The van der Waals surface area contributed by atoms with Crippen LogP contribution in [0.5, 0.6) is 0 Å². The summed E-state index contributed by atoms with van der Waals surface area (Å²) in [5.41, 5.74) is 7.46. The lowest BCUT2D eigenvalue weighted by atomic mass is 10.3. The van der Waals surface area contributed by atoms with Gasteiger partial charge in [-0.15, -0.1) is 5.59 Å². The van der Waals surface area contributed by atoms with E-state index in [1.165, 1.54) is 0 Å². The maximum Gasteiger partial charge on any atom is 0.0823 e. The zero-order chi connectivity index (χ0) is 13.5. The average Bonchev–Trinajstić information content (AvgIpc) is 2.34. The second-order valence-electron chi connectivity index (χ2n) is 3.64. The quantitative estimate of drug-likeness (QED) is 0.143. The molecule has 0 aromatic rings. The van der Waals surface area contributed by atoms with Crippen LogP contribution in [0, 0.1) is 0 Å². The van der Waals surface area contributed by atoms with E-state index in [0.717, 1.165) is 45.4 Å². The van der Waals surface area contributed by atoms with Crippen LogP contribution in [0.15, 0.2) is 0 Å². The van der Waals surface area contributed by atoms with Crippen molar-refractivity contribution in [3.63, 3.8) is 0 Å². The summed E-state index contributed by atoms with van der Waals surface area (Å²) in [6.45, 7) is 4.70. The zero-order valence-electron chi connectivity index (χ0n) is 10.6. The molecule has 0 fully saturated rings. The van der Waals surface area contributed by atoms with Crippen molar-refractivity contribution >= 4 is 11.3 Å². The van der Waals surface area contributed by atoms with Crippen LogP contribution in [0.4, 0.5) is 0 Å². The second-order valence-corrected chi connectivity index (χ2v) is 4.31. The summed E-state index contributed by atoms with van der Waals surface area (Å²) in [6.07, 6.45) is 3.23. The first-order valence-electron chi connectivity index (χ1n) is 6.10. The Morgan fingerprint density at radius 2 is 1.67 bits per heavy atom. The van der Waals surface area contributed by atoms with Gasteiger partial charge >= 0.3 is 0 Å². The Bertz CT molecular complexity index is 199. The van der Waals surface area contributed by atoms with Gasteiger partial charge in [0, 0.05) is 17.8 Å². The van der Waals surface area contributed by atoms with Crippen molar-refractivity contribution in [1.29, 1.82) is 0 Å². The van der Waals surface area contributed by atoms with Crippen LogP contribution in [-0.2, 0) is 16.1 Å². The molecule has 8 nitrogen and oxygen atoms in total. The van der Waals surface area contributed by atoms with Crippen molar-refractivity contribution in [3.05, 3.63) is 0 Å². The molecule has 0 saturated heterocycles. The van der Waals surface area contributed by atoms with E-state index in [2.05, 4.69) is 16.2 Å². The first kappa shape index (κ1) is 17.9. The molecular formula is C9H24N5O3S-. The van der Waals surface area contributed by atoms with Gasteiger partial charge in [-0.05, 0) is 45.4 Å². The van der Waals surface area contributed by atoms with Crippen molar-refractivity contribution in [2.45, 2.75) is 19.3 Å². The molecule has 0 aromatic carbocycles. The van der Waals surface area contributed by atoms with Crippen LogP contribution in [0.2, 0.25) is 0 Å². The van der Waals surface area contributed by atoms with Crippen molar-refractivity contribution in [3.8, 4) is 0 Å². The van der Waals surface area contributed by atoms with Gasteiger partial charge in [-0.3, -0.25) is 9.05 Å². The van der Waals surface area contributed by atoms with Gasteiger partial charge in [-0.1, -0.05) is 0 Å². The smallest absolute Gasteiger partial charge is 0.0823 e. The minimum Gasteiger partial charge on any atom is -0.759 e. The second kappa shape index (κ2) is 14.9. The summed E-state index contributed by atoms with van der Waals surface area (Å²) in [4.78, 5) is 6.66. The van der Waals surface area contributed by atoms with Gasteiger partial charge in [-0.25, -0.2) is 0 Å². The number of nitrogens with two attached hydrogens (primary N) is 1. The van der Waals surface area contributed by atoms with E-state index in [0.29, 0.717) is 13.2 Å². The van der Waals surface area contributed by atoms with Gasteiger partial charge in [0.2, 0.25) is 0 Å². The number of hydrogen-bond acceptors (Lipinski definition) is 7. The number of nitrogens with one attached hydrogen (secondary N) is 4. The molecule has 0 aliphatic carbocycles. The minimum atomic E-state index is -2.35. The third-order valence-corrected chi connectivity index (χ3v) is 2.34. The average molecular weight is 282 g/mol. The molecule has 0 heterocycles. The summed E-state index contributed by atoms with van der Waals surface area (Å²) < 4.78 is 20.0. The van der Waals surface area contributed by atoms with Gasteiger partial charge in [-0.2, -0.15) is 4.83 Å². The minimum absolute atomic E-state index is 0.388. The largest absolute Gasteiger partial charge is 0.759 e. The highest BCUT2D eigenvalue weighted by Gasteiger charge is 1.91. The molecule has 18 heavy (non-hydrogen) atoms. The predicted octanol–water partition coefficient (Wildman–Crippen LogP) is -1.89. The lowest BCUT2D eigenvalue weighted by Gasteiger charge is -2.09. The Balaban J connectivity index is 2.92. The molecule has 0 spiro atoms. The maximum absolute atomic E-state index is 10.0. The lowest BCUT2D eigenvalue weighted by Crippen LogP contribution is -2.35. The van der Waals surface area contributed by atoms with E-state index in [1.54, 1.807) is 0 Å². The zero-order valence-corrected chi connectivity index (χ0v) is 11.4. The SMILES string of the molecule is NCCCNCCCCNCCONNS(=O)[O-]. The van der Waals surface area contributed by atoms with Crippen LogP contribution >= 0.6 is 0 Å². The molecule has 0 saturated carbocycles. The molecule has 1 atom stereocenters. The molecule has 0 rings (SSSR count). The number of unbranched alkanes of at least 4 members (excludes halogenated alkanes) is 1. The topological polar surface area (TPSA) is 124 Å². The molecule has 0 bridgehead atoms. The van der Waals surface area contributed by atoms with Gasteiger partial charge in [0.15, 0.2) is 0 Å². The summed E-state index contributed by atoms with van der Waals surface area (Å²) >= 11 is -2.35. The van der Waals surface area contributed by atoms with E-state index >= 15 is 0 Å². The normalized spacial score (nSPS) is 12.8. The van der Waals surface area contributed by atoms with Crippen LogP contribution in [-0.4, -0.2) is 48.1 Å². The Hall–Kier alpha value is -0.130. The highest BCUT2D eigenvalue weighted by atomic mass is 32.2. The summed E-state index contributed by atoms with van der Waals surface area (Å²) in [7, 11) is 0. The molecule has 6 N–H and O–H groups in total. The van der Waals surface area contributed by atoms with Crippen molar-refractivity contribution in [1.82, 2.24) is 21.1 Å². The monoisotopic (exact) mass is 282 g/mol. The molecule has 0 aliphatic rings. The molecule has 0 aromatic heterocycles. The third kappa shape index (κ3) is 15.9. The fraction of sp³-hybridized carbons (Fsp3) is 1.00. The first-order valence-corrected chi connectivity index (χ1v) is 7.18. The molecule has 0 amide bonds. The van der Waals surface area contributed by atoms with Gasteiger partial charge in [0.05, 0.1) is 6.61 Å². The summed E-state index contributed by atoms with van der Waals surface area (Å²) in [5, 5.41) is 6.49. The van der Waals surface area contributed by atoms with E-state index in [9.17, 15) is 8.76 Å². The summed E-state index contributed by atoms with van der Waals surface area (Å²) in [5.74, 6) is 0. The predicted molar refractivity (Wildman–Crippen MR) is 69.8 cm³/mol. The maximum atomic E-state index is 10.0. The summed E-state index contributed by atoms with van der Waals surface area (Å²) in [6, 6.07) is 0. The number of hydrogen-bond donors (Lipinski definition) is 5. The Morgan fingerprint density at radius 3 is 2.28 bits per heavy atom. The highest BCUT2D eigenvalue weighted by molar-refractivity contribution is 7.76. The fourth-order valence-corrected chi connectivity index (χ4v) is 1.34. The van der Waals surface area contributed by atoms with Gasteiger partial charge < -0.3 is 20.9 Å². The van der Waals surface area contributed by atoms with E-state index in [4.69, 9.17) is 10.6 Å². The standard InChI is InChI=1S/C9H25N5O3S/c10-4-3-7-11-5-1-2-6-12-8-9-17-13-14-18(15)16/h11-14H,1-10H2,(H,15,16)/p-1. The number of hydrazine groups is 1. The Morgan fingerprint density at radius 1 is 1.06 bits per heavy atom. The highest BCUT2D eigenvalue weighted by Crippen LogP contribution is 1.84. The first-order chi connectivity index (χ1) is 8.77. The molecule has 0 radical (unpaired) electrons. The van der Waals surface area contributed by atoms with Gasteiger partial charge in [0.25, 0.3) is 0 Å². The van der Waals surface area contributed by atoms with Crippen LogP contribution in [0.3, 0.4) is 0 Å². The molecule has 0 aliphatic heterocycles. The van der Waals surface area contributed by atoms with E-state index in [-0.39, 0.29) is 0 Å². The van der Waals surface area contributed by atoms with Crippen LogP contribution in [0.25, 0.3) is 0 Å². The van der Waals surface area contributed by atoms with E-state index < -0.39 is 11.3 Å². The van der Waals surface area contributed by atoms with Crippen molar-refractivity contribution < 1.29 is 13.6 Å². The molecule has 110 valence electrons. The Labute approximate surface area is 111 Å². The van der Waals surface area contributed by atoms with Crippen LogP contribution < -0.4 is 26.8 Å². The molecule has 9 heteroatoms. The molecular weight excluding hydrogens is 258 g/mol. The van der Waals surface area contributed by atoms with Crippen LogP contribution in [0.1, 0.15) is 19.3 Å². The molecule has 1 unspecified atom stereocenters. The van der Waals surface area contributed by atoms with Crippen molar-refractivity contribution in [2.75, 3.05) is 39.3 Å². The van der Waals surface area contributed by atoms with Gasteiger partial charge in [0.1, 0.15) is 0 Å². The fourth-order valence-electron chi connectivity index (χ4n) is 1.21. The number of rotatable bonds is 14. The third-order valence-electron chi connectivity index (χ3n) is 2.09. The van der Waals surface area contributed by atoms with E-state index in [1.807, 2.05) is 4.83 Å².